The molecule has 3 aromatic carbocycles. The predicted molar refractivity (Wildman–Crippen MR) is 259 cm³/mol. The summed E-state index contributed by atoms with van der Waals surface area (Å²) < 4.78 is 37.5. The number of aromatic hydroxyl groups is 1. The molecular weight excluding hydrogens is 895 g/mol. The number of rotatable bonds is 10. The van der Waals surface area contributed by atoms with Gasteiger partial charge in [0.25, 0.3) is 5.91 Å². The number of carbonyl (C=O) groups is 2. The highest BCUT2D eigenvalue weighted by Gasteiger charge is 2.59. The number of ketones is 1. The number of phenolic OH excluding ortho intramolecular Hbond substituents is 1. The van der Waals surface area contributed by atoms with E-state index in [1.807, 2.05) is 24.3 Å². The molecule has 15 heteroatoms. The topological polar surface area (TPSA) is 198 Å². The molecule has 3 aromatic rings. The van der Waals surface area contributed by atoms with Gasteiger partial charge < -0.3 is 59.1 Å². The SMILES string of the molecule is COCCCCNCC1=CC=C2N=CC(C3C=Cc4c(OC)cc5c6c(c7c(O)c5c4OC4OC(CO3)C(O)C(OC#CCc3cccc5c3CN(CC7=O)C5=O)C4(O)CO)C3CCCC3C=C6)=C2[CH+]1. The summed E-state index contributed by atoms with van der Waals surface area (Å²) in [7, 11) is 3.21. The average molecular weight is 951 g/mol. The summed E-state index contributed by atoms with van der Waals surface area (Å²) in [6.07, 6.45) is 15.8. The number of aliphatic hydroxyl groups is 3. The van der Waals surface area contributed by atoms with Crippen LogP contribution in [0.4, 0.5) is 0 Å². The van der Waals surface area contributed by atoms with Crippen molar-refractivity contribution in [2.45, 2.75) is 87.3 Å². The number of nitrogens with one attached hydrogen (secondary N) is 1. The number of aliphatic hydroxyl groups excluding tert-OH is 2. The van der Waals surface area contributed by atoms with Crippen LogP contribution >= 0.6 is 0 Å². The summed E-state index contributed by atoms with van der Waals surface area (Å²) in [5.74, 6) is 2.18. The zero-order valence-corrected chi connectivity index (χ0v) is 39.1. The second-order valence-corrected chi connectivity index (χ2v) is 19.2. The highest BCUT2D eigenvalue weighted by Crippen LogP contribution is 2.55. The van der Waals surface area contributed by atoms with Gasteiger partial charge in [-0.1, -0.05) is 36.6 Å². The minimum atomic E-state index is -2.47. The standard InChI is InChI=1S/C55H55N3O12/c1-65-20-4-3-19-56-24-30-13-17-41-37(22-30)39(25-57-41)43-18-16-36-44(66-2)23-38-34-15-14-32-9-5-11-33(32)46(34)48-42(60)27-58-26-40-31(8-6-12-35(40)53(58)63)10-7-21-67-52-49(61)45(28-68-43)69-54(55(52,64)29-59)70-51(36)47(38)50(48)62/h6,8,12-18,22-23,25,32-33,43,45,49,52,54,56,59,61,64H,3-5,9-11,19-20,24,26-29H2,1-2H3/p+1. The second kappa shape index (κ2) is 18.8. The molecule has 3 aliphatic carbocycles. The molecule has 2 fully saturated rings. The zero-order valence-electron chi connectivity index (χ0n) is 39.1. The molecule has 70 heavy (non-hydrogen) atoms. The maximum atomic E-state index is 15.2. The van der Waals surface area contributed by atoms with E-state index in [1.54, 1.807) is 43.7 Å². The number of aliphatic imine (C=N–C) groups is 1. The van der Waals surface area contributed by atoms with Gasteiger partial charge in [0.1, 0.15) is 47.2 Å². The van der Waals surface area contributed by atoms with Crippen molar-refractivity contribution in [3.8, 4) is 29.3 Å². The number of nitrogens with zero attached hydrogens (tertiary/aromatic N) is 2. The molecule has 5 heterocycles. The summed E-state index contributed by atoms with van der Waals surface area (Å²) in [5, 5.41) is 53.0. The van der Waals surface area contributed by atoms with E-state index in [1.165, 1.54) is 12.0 Å². The lowest BCUT2D eigenvalue weighted by Crippen LogP contribution is -2.70. The Morgan fingerprint density at radius 2 is 1.96 bits per heavy atom. The van der Waals surface area contributed by atoms with Crippen LogP contribution in [0, 0.1) is 24.4 Å². The number of fused-ring (bicyclic) bond motifs is 10. The lowest BCUT2D eigenvalue weighted by atomic mass is 9.75. The minimum Gasteiger partial charge on any atom is -0.506 e. The van der Waals surface area contributed by atoms with Crippen LogP contribution in [0.15, 0.2) is 76.0 Å². The highest BCUT2D eigenvalue weighted by molar-refractivity contribution is 6.14. The molecule has 8 aliphatic rings. The van der Waals surface area contributed by atoms with Gasteiger partial charge in [0, 0.05) is 68.3 Å². The number of allylic oxidation sites excluding steroid dienone is 4. The molecule has 0 aromatic heterocycles. The number of hydrogen-bond acceptors (Lipinski definition) is 14. The Morgan fingerprint density at radius 3 is 2.80 bits per heavy atom. The summed E-state index contributed by atoms with van der Waals surface area (Å²) >= 11 is 0. The molecular formula is C55H56N3O12+. The highest BCUT2D eigenvalue weighted by atomic mass is 16.7. The zero-order chi connectivity index (χ0) is 48.3. The van der Waals surface area contributed by atoms with Crippen LogP contribution in [0.2, 0.25) is 0 Å². The first kappa shape index (κ1) is 46.2. The third-order valence-electron chi connectivity index (χ3n) is 15.1. The van der Waals surface area contributed by atoms with Gasteiger partial charge in [-0.2, -0.15) is 4.99 Å². The number of Topliss-reactive ketones (excluding diaryl/α,β-unsaturated/α-hetero) is 1. The van der Waals surface area contributed by atoms with Gasteiger partial charge in [-0.3, -0.25) is 9.59 Å². The third-order valence-corrected chi connectivity index (χ3v) is 15.1. The van der Waals surface area contributed by atoms with Crippen LogP contribution in [0.5, 0.6) is 17.2 Å². The monoisotopic (exact) mass is 950 g/mol. The quantitative estimate of drug-likeness (QED) is 0.101. The molecule has 1 amide bonds. The number of methoxy groups -OCH3 is 2. The van der Waals surface area contributed by atoms with Crippen molar-refractivity contribution < 1.29 is 58.4 Å². The lowest BCUT2D eigenvalue weighted by molar-refractivity contribution is -0.327. The van der Waals surface area contributed by atoms with Crippen molar-refractivity contribution in [2.24, 2.45) is 10.9 Å². The summed E-state index contributed by atoms with van der Waals surface area (Å²) in [6, 6.07) is 7.14. The number of amides is 1. The molecule has 1 saturated carbocycles. The van der Waals surface area contributed by atoms with Crippen molar-refractivity contribution in [3.05, 3.63) is 116 Å². The average Bonchev–Trinajstić information content (AvgIpc) is 4.10. The van der Waals surface area contributed by atoms with Gasteiger partial charge >= 0.3 is 0 Å². The number of unbranched alkanes of at least 4 members (excludes halogenated alkanes) is 1. The third kappa shape index (κ3) is 7.83. The predicted octanol–water partition coefficient (Wildman–Crippen LogP) is 5.23. The Labute approximate surface area is 405 Å². The maximum Gasteiger partial charge on any atom is 0.254 e. The van der Waals surface area contributed by atoms with Crippen LogP contribution in [0.25, 0.3) is 22.9 Å². The summed E-state index contributed by atoms with van der Waals surface area (Å²) in [6.45, 7) is 0.735. The van der Waals surface area contributed by atoms with E-state index < -0.39 is 48.7 Å². The Balaban J connectivity index is 1.10. The van der Waals surface area contributed by atoms with Crippen LogP contribution in [0.3, 0.4) is 0 Å². The van der Waals surface area contributed by atoms with Gasteiger partial charge in [0.2, 0.25) is 6.29 Å². The molecule has 8 unspecified atom stereocenters. The largest absolute Gasteiger partial charge is 0.506 e. The Kier molecular flexibility index (Phi) is 12.4. The molecule has 8 bridgehead atoms. The van der Waals surface area contributed by atoms with Crippen LogP contribution in [-0.2, 0) is 31.9 Å². The number of ether oxygens (including phenoxy) is 6. The van der Waals surface area contributed by atoms with E-state index in [4.69, 9.17) is 33.4 Å². The van der Waals surface area contributed by atoms with Crippen LogP contribution < -0.4 is 14.8 Å². The van der Waals surface area contributed by atoms with E-state index in [0.29, 0.717) is 41.0 Å². The first-order valence-electron chi connectivity index (χ1n) is 24.2. The fourth-order valence-corrected chi connectivity index (χ4v) is 11.5. The van der Waals surface area contributed by atoms with Crippen molar-refractivity contribution in [1.82, 2.24) is 10.2 Å². The van der Waals surface area contributed by atoms with Gasteiger partial charge in [-0.05, 0) is 90.6 Å². The van der Waals surface area contributed by atoms with Gasteiger partial charge in [-0.15, -0.1) is 0 Å². The number of phenols is 1. The van der Waals surface area contributed by atoms with Gasteiger partial charge in [0.15, 0.2) is 23.2 Å². The van der Waals surface area contributed by atoms with Crippen molar-refractivity contribution in [1.29, 1.82) is 0 Å². The fourth-order valence-electron chi connectivity index (χ4n) is 11.5. The first-order chi connectivity index (χ1) is 34.1. The normalized spacial score (nSPS) is 28.3. The lowest BCUT2D eigenvalue weighted by Gasteiger charge is -2.47. The van der Waals surface area contributed by atoms with Gasteiger partial charge in [0.05, 0.1) is 55.2 Å². The number of carbonyl (C=O) groups excluding carboxylic acids is 2. The van der Waals surface area contributed by atoms with Crippen molar-refractivity contribution in [2.75, 3.05) is 53.7 Å². The molecule has 0 radical (unpaired) electrons. The minimum absolute atomic E-state index is 0.0424. The molecule has 362 valence electrons. The Morgan fingerprint density at radius 1 is 1.09 bits per heavy atom. The summed E-state index contributed by atoms with van der Waals surface area (Å²) in [5.41, 5.74) is 4.55. The Bertz CT molecular complexity index is 2920. The second-order valence-electron chi connectivity index (χ2n) is 19.2. The van der Waals surface area contributed by atoms with Crippen LogP contribution in [-0.4, -0.2) is 133 Å². The van der Waals surface area contributed by atoms with E-state index in [0.717, 1.165) is 72.2 Å². The molecule has 0 spiro atoms. The smallest absolute Gasteiger partial charge is 0.254 e. The number of hydrogen-bond donors (Lipinski definition) is 5. The van der Waals surface area contributed by atoms with Crippen molar-refractivity contribution in [3.63, 3.8) is 0 Å². The van der Waals surface area contributed by atoms with Crippen LogP contribution in [0.1, 0.15) is 86.6 Å². The summed E-state index contributed by atoms with van der Waals surface area (Å²) in [4.78, 5) is 35.5. The van der Waals surface area contributed by atoms with E-state index >= 15 is 4.79 Å². The van der Waals surface area contributed by atoms with Crippen molar-refractivity contribution >= 4 is 40.8 Å². The Hall–Kier alpha value is -6.22. The van der Waals surface area contributed by atoms with E-state index in [2.05, 4.69) is 29.8 Å². The maximum absolute atomic E-state index is 15.2. The molecule has 5 N–H and O–H groups in total. The molecule has 5 aliphatic heterocycles. The van der Waals surface area contributed by atoms with E-state index in [-0.39, 0.29) is 71.9 Å². The first-order valence-corrected chi connectivity index (χ1v) is 24.2. The van der Waals surface area contributed by atoms with E-state index in [9.17, 15) is 25.2 Å². The molecule has 1 saturated heterocycles. The molecule has 15 nitrogen and oxygen atoms in total. The fraction of sp³-hybridized carbons (Fsp3) is 0.418. The molecule has 8 atom stereocenters. The molecule has 11 rings (SSSR count). The van der Waals surface area contributed by atoms with Gasteiger partial charge in [-0.25, -0.2) is 0 Å². The number of benzene rings is 3.